The summed E-state index contributed by atoms with van der Waals surface area (Å²) in [5, 5.41) is 5.39. The quantitative estimate of drug-likeness (QED) is 0.293. The first-order valence-corrected chi connectivity index (χ1v) is 11.6. The van der Waals surface area contributed by atoms with E-state index in [1.165, 1.54) is 0 Å². The van der Waals surface area contributed by atoms with Crippen LogP contribution < -0.4 is 4.74 Å². The number of hydrogen-bond acceptors (Lipinski definition) is 3. The first kappa shape index (κ1) is 23.6. The summed E-state index contributed by atoms with van der Waals surface area (Å²) in [5.41, 5.74) is 4.30. The molecule has 174 valence electrons. The molecule has 0 spiro atoms. The normalized spacial score (nSPS) is 11.0. The number of rotatable bonds is 7. The highest BCUT2D eigenvalue weighted by atomic mass is 35.5. The Morgan fingerprint density at radius 2 is 1.74 bits per heavy atom. The maximum atomic E-state index is 13.5. The van der Waals surface area contributed by atoms with E-state index in [-0.39, 0.29) is 11.9 Å². The number of aryl methyl sites for hydroxylation is 2. The third-order valence-electron chi connectivity index (χ3n) is 5.64. The van der Waals surface area contributed by atoms with Crippen molar-refractivity contribution in [1.82, 2.24) is 14.7 Å². The molecule has 0 N–H and O–H groups in total. The smallest absolute Gasteiger partial charge is 0.254 e. The summed E-state index contributed by atoms with van der Waals surface area (Å²) in [7, 11) is 1.86. The molecule has 0 fully saturated rings. The second-order valence-corrected chi connectivity index (χ2v) is 9.01. The Bertz CT molecular complexity index is 1280. The lowest BCUT2D eigenvalue weighted by molar-refractivity contribution is 0.0689. The van der Waals surface area contributed by atoms with Gasteiger partial charge in [0.1, 0.15) is 11.4 Å². The van der Waals surface area contributed by atoms with E-state index in [0.717, 1.165) is 28.1 Å². The van der Waals surface area contributed by atoms with E-state index in [1.54, 1.807) is 28.9 Å². The van der Waals surface area contributed by atoms with Gasteiger partial charge in [0.15, 0.2) is 0 Å². The minimum Gasteiger partial charge on any atom is -0.439 e. The van der Waals surface area contributed by atoms with Crippen LogP contribution in [0.15, 0.2) is 78.9 Å². The van der Waals surface area contributed by atoms with Gasteiger partial charge in [-0.25, -0.2) is 4.68 Å². The van der Waals surface area contributed by atoms with Crippen LogP contribution in [0.1, 0.15) is 35.3 Å². The molecule has 0 aliphatic rings. The molecule has 0 aliphatic heterocycles. The first-order valence-electron chi connectivity index (χ1n) is 11.3. The SMILES string of the molecule is Cc1cccc(Oc2c(CN(C(=O)c3ccc(Cl)cc3)C(C)C)c(-c3ccccc3)nn2C)c1. The molecular formula is C28H28ClN3O2. The zero-order chi connectivity index (χ0) is 24.2. The number of halogens is 1. The van der Waals surface area contributed by atoms with E-state index in [4.69, 9.17) is 21.4 Å². The van der Waals surface area contributed by atoms with Gasteiger partial charge in [-0.2, -0.15) is 5.10 Å². The topological polar surface area (TPSA) is 47.4 Å². The maximum Gasteiger partial charge on any atom is 0.254 e. The average Bonchev–Trinajstić information content (AvgIpc) is 3.13. The van der Waals surface area contributed by atoms with Crippen molar-refractivity contribution in [1.29, 1.82) is 0 Å². The highest BCUT2D eigenvalue weighted by molar-refractivity contribution is 6.30. The third-order valence-corrected chi connectivity index (χ3v) is 5.90. The molecule has 3 aromatic carbocycles. The fraction of sp³-hybridized carbons (Fsp3) is 0.214. The predicted molar refractivity (Wildman–Crippen MR) is 136 cm³/mol. The Labute approximate surface area is 205 Å². The highest BCUT2D eigenvalue weighted by Crippen LogP contribution is 2.35. The second-order valence-electron chi connectivity index (χ2n) is 8.57. The lowest BCUT2D eigenvalue weighted by Crippen LogP contribution is -2.36. The van der Waals surface area contributed by atoms with Crippen molar-refractivity contribution in [2.24, 2.45) is 7.05 Å². The number of aromatic nitrogens is 2. The summed E-state index contributed by atoms with van der Waals surface area (Å²) in [4.78, 5) is 15.3. The van der Waals surface area contributed by atoms with Crippen LogP contribution in [-0.2, 0) is 13.6 Å². The summed E-state index contributed by atoms with van der Waals surface area (Å²) in [6.07, 6.45) is 0. The first-order chi connectivity index (χ1) is 16.3. The van der Waals surface area contributed by atoms with Crippen LogP contribution in [0, 0.1) is 6.92 Å². The number of benzene rings is 3. The van der Waals surface area contributed by atoms with Crippen LogP contribution in [0.3, 0.4) is 0 Å². The maximum absolute atomic E-state index is 13.5. The van der Waals surface area contributed by atoms with E-state index >= 15 is 0 Å². The number of nitrogens with zero attached hydrogens (tertiary/aromatic N) is 3. The lowest BCUT2D eigenvalue weighted by atomic mass is 10.1. The minimum absolute atomic E-state index is 0.0428. The Morgan fingerprint density at radius 3 is 2.38 bits per heavy atom. The summed E-state index contributed by atoms with van der Waals surface area (Å²) in [6.45, 7) is 6.39. The van der Waals surface area contributed by atoms with Crippen molar-refractivity contribution in [3.05, 3.63) is 101 Å². The monoisotopic (exact) mass is 473 g/mol. The van der Waals surface area contributed by atoms with Gasteiger partial charge in [0.2, 0.25) is 5.88 Å². The van der Waals surface area contributed by atoms with Crippen molar-refractivity contribution in [2.45, 2.75) is 33.4 Å². The van der Waals surface area contributed by atoms with Gasteiger partial charge in [-0.1, -0.05) is 54.1 Å². The summed E-state index contributed by atoms with van der Waals surface area (Å²) < 4.78 is 8.09. The number of amides is 1. The lowest BCUT2D eigenvalue weighted by Gasteiger charge is -2.27. The summed E-state index contributed by atoms with van der Waals surface area (Å²) in [5.74, 6) is 1.26. The third kappa shape index (κ3) is 5.15. The zero-order valence-corrected chi connectivity index (χ0v) is 20.6. The van der Waals surface area contributed by atoms with Crippen LogP contribution in [0.5, 0.6) is 11.6 Å². The molecule has 1 heterocycles. The number of carbonyl (C=O) groups excluding carboxylic acids is 1. The summed E-state index contributed by atoms with van der Waals surface area (Å²) in [6, 6.07) is 24.8. The van der Waals surface area contributed by atoms with Gasteiger partial charge in [-0.3, -0.25) is 4.79 Å². The van der Waals surface area contributed by atoms with Crippen molar-refractivity contribution in [2.75, 3.05) is 0 Å². The van der Waals surface area contributed by atoms with E-state index < -0.39 is 0 Å². The largest absolute Gasteiger partial charge is 0.439 e. The minimum atomic E-state index is -0.0731. The van der Waals surface area contributed by atoms with Crippen molar-refractivity contribution in [3.8, 4) is 22.9 Å². The van der Waals surface area contributed by atoms with Crippen LogP contribution in [0.2, 0.25) is 5.02 Å². The molecule has 4 aromatic rings. The molecule has 5 nitrogen and oxygen atoms in total. The second kappa shape index (κ2) is 10.1. The molecule has 0 aliphatic carbocycles. The molecule has 0 saturated heterocycles. The molecule has 1 aromatic heterocycles. The molecule has 0 radical (unpaired) electrons. The van der Waals surface area contributed by atoms with Gasteiger partial charge >= 0.3 is 0 Å². The molecule has 4 rings (SSSR count). The van der Waals surface area contributed by atoms with Gasteiger partial charge in [-0.15, -0.1) is 0 Å². The Morgan fingerprint density at radius 1 is 1.03 bits per heavy atom. The molecule has 0 saturated carbocycles. The zero-order valence-electron chi connectivity index (χ0n) is 19.8. The van der Waals surface area contributed by atoms with Crippen LogP contribution in [0.25, 0.3) is 11.3 Å². The average molecular weight is 474 g/mol. The van der Waals surface area contributed by atoms with Gasteiger partial charge in [0.25, 0.3) is 5.91 Å². The predicted octanol–water partition coefficient (Wildman–Crippen LogP) is 6.89. The van der Waals surface area contributed by atoms with E-state index in [0.29, 0.717) is 23.0 Å². The number of carbonyl (C=O) groups is 1. The summed E-state index contributed by atoms with van der Waals surface area (Å²) >= 11 is 6.04. The van der Waals surface area contributed by atoms with Crippen molar-refractivity contribution in [3.63, 3.8) is 0 Å². The molecule has 1 amide bonds. The van der Waals surface area contributed by atoms with Gasteiger partial charge < -0.3 is 9.64 Å². The molecule has 0 unspecified atom stereocenters. The van der Waals surface area contributed by atoms with E-state index in [2.05, 4.69) is 0 Å². The van der Waals surface area contributed by atoms with Crippen molar-refractivity contribution >= 4 is 17.5 Å². The molecular weight excluding hydrogens is 446 g/mol. The molecule has 0 bridgehead atoms. The van der Waals surface area contributed by atoms with E-state index in [9.17, 15) is 4.79 Å². The molecule has 0 atom stereocenters. The van der Waals surface area contributed by atoms with Gasteiger partial charge in [0, 0.05) is 29.2 Å². The van der Waals surface area contributed by atoms with Crippen LogP contribution in [0.4, 0.5) is 0 Å². The van der Waals surface area contributed by atoms with Gasteiger partial charge in [0.05, 0.1) is 12.1 Å². The van der Waals surface area contributed by atoms with E-state index in [1.807, 2.05) is 87.3 Å². The van der Waals surface area contributed by atoms with Crippen molar-refractivity contribution < 1.29 is 9.53 Å². The molecule has 6 heteroatoms. The fourth-order valence-corrected chi connectivity index (χ4v) is 3.98. The number of hydrogen-bond donors (Lipinski definition) is 0. The van der Waals surface area contributed by atoms with Gasteiger partial charge in [-0.05, 0) is 62.7 Å². The van der Waals surface area contributed by atoms with Crippen LogP contribution >= 0.6 is 11.6 Å². The Balaban J connectivity index is 1.78. The standard InChI is InChI=1S/C28H28ClN3O2/c1-19(2)32(27(33)22-13-15-23(29)16-14-22)18-25-26(21-10-6-5-7-11-21)30-31(4)28(25)34-24-12-8-9-20(3)17-24/h5-17,19H,18H2,1-4H3. The molecule has 34 heavy (non-hydrogen) atoms. The fourth-order valence-electron chi connectivity index (χ4n) is 3.86. The van der Waals surface area contributed by atoms with Crippen LogP contribution in [-0.4, -0.2) is 26.6 Å². The highest BCUT2D eigenvalue weighted by Gasteiger charge is 2.26. The Hall–Kier alpha value is -3.57. The number of ether oxygens (including phenoxy) is 1. The Kier molecular flexibility index (Phi) is 7.03.